The summed E-state index contributed by atoms with van der Waals surface area (Å²) in [6, 6.07) is 0. The van der Waals surface area contributed by atoms with Crippen molar-refractivity contribution >= 4 is 21.8 Å². The Bertz CT molecular complexity index is 1300. The van der Waals surface area contributed by atoms with Crippen LogP contribution in [0.25, 0.3) is 0 Å². The zero-order chi connectivity index (χ0) is 41.3. The molecular weight excluding hydrogens is 860 g/mol. The van der Waals surface area contributed by atoms with Crippen LogP contribution in [-0.2, 0) is 55.7 Å². The van der Waals surface area contributed by atoms with Gasteiger partial charge in [0.2, 0.25) is 0 Å². The molecule has 7 saturated heterocycles. The maximum absolute atomic E-state index is 10.4. The Morgan fingerprint density at radius 1 is 0.377 bits per heavy atom. The van der Waals surface area contributed by atoms with E-state index in [1.54, 1.807) is 0 Å². The molecule has 7 aliphatic heterocycles. The number of nitrogens with zero attached hydrogens (tertiary/aromatic N) is 2. The summed E-state index contributed by atoms with van der Waals surface area (Å²) < 4.78 is 44.5. The van der Waals surface area contributed by atoms with Gasteiger partial charge >= 0.3 is 0 Å². The van der Waals surface area contributed by atoms with Gasteiger partial charge in [0.25, 0.3) is 0 Å². The first kappa shape index (κ1) is 47.5. The summed E-state index contributed by atoms with van der Waals surface area (Å²) in [5.41, 5.74) is 0. The molecule has 11 aliphatic rings. The Balaban J connectivity index is 0.000000202. The van der Waals surface area contributed by atoms with E-state index >= 15 is 0 Å². The fourth-order valence-electron chi connectivity index (χ4n) is 14.0. The molecule has 4 aliphatic carbocycles. The van der Waals surface area contributed by atoms with Crippen LogP contribution in [0.4, 0.5) is 0 Å². The molecule has 0 aromatic carbocycles. The fraction of sp³-hybridized carbons (Fsp3) is 0.977. The summed E-state index contributed by atoms with van der Waals surface area (Å²) in [4.78, 5) is 0. The monoisotopic (exact) mass is 939 g/mol. The minimum Gasteiger partial charge on any atom is -0.409 e. The Hall–Kier alpha value is 0.0195. The Morgan fingerprint density at radius 2 is 0.639 bits per heavy atom. The third kappa shape index (κ3) is 10.9. The zero-order valence-corrected chi connectivity index (χ0v) is 39.5. The molecule has 8 N–H and O–H groups in total. The van der Waals surface area contributed by atoms with Gasteiger partial charge in [-0.3, -0.25) is 42.5 Å². The van der Waals surface area contributed by atoms with Crippen molar-refractivity contribution in [2.24, 2.45) is 59.2 Å². The normalized spacial score (nSPS) is 45.6. The van der Waals surface area contributed by atoms with Gasteiger partial charge in [-0.1, -0.05) is 65.2 Å². The van der Waals surface area contributed by atoms with Crippen LogP contribution < -0.4 is 42.5 Å². The average molecular weight is 940 g/mol. The fourth-order valence-corrected chi connectivity index (χ4v) is 15.0. The molecule has 14 nitrogen and oxygen atoms in total. The summed E-state index contributed by atoms with van der Waals surface area (Å²) in [6.07, 6.45) is 30.5. The van der Waals surface area contributed by atoms with Crippen molar-refractivity contribution in [3.63, 3.8) is 0 Å². The first-order valence-corrected chi connectivity index (χ1v) is 26.9. The third-order valence-electron chi connectivity index (χ3n) is 17.5. The number of piperidine rings is 2. The van der Waals surface area contributed by atoms with E-state index in [1.807, 2.05) is 0 Å². The van der Waals surface area contributed by atoms with Crippen LogP contribution >= 0.6 is 0 Å². The maximum Gasteiger partial charge on any atom is 0.0628 e. The minimum atomic E-state index is -1.98. The van der Waals surface area contributed by atoms with Crippen LogP contribution in [0.1, 0.15) is 136 Å². The largest absolute Gasteiger partial charge is 0.409 e. The summed E-state index contributed by atoms with van der Waals surface area (Å²) >= 11 is 0. The van der Waals surface area contributed by atoms with Crippen molar-refractivity contribution in [2.75, 3.05) is 26.2 Å². The standard InChI is InChI=1S/C32H55N8.2C6H12NO2S.Cu/c1-2-10-18-17(9-1)25-33-26(18)38-28-21-13-5-6-14-22(21)30(35-28)40-32-24-16-8-7-15-23(24)31(36-32)39-29-20-12-4-3-11-19(20)27(34-29)37-25;2*1-6-2-4-7(5-3-6)10(8)9;/h9,17-40H,1-8,10-16H2;2*6H,2-5H2,1H3;/q3*-1;. The third-order valence-corrected chi connectivity index (χ3v) is 19.0. The molecule has 11 fully saturated rings. The van der Waals surface area contributed by atoms with Gasteiger partial charge in [-0.2, -0.15) is 6.42 Å². The van der Waals surface area contributed by atoms with E-state index in [2.05, 4.69) is 62.8 Å². The van der Waals surface area contributed by atoms with Crippen LogP contribution in [0, 0.1) is 65.6 Å². The Morgan fingerprint density at radius 3 is 0.934 bits per heavy atom. The van der Waals surface area contributed by atoms with Crippen LogP contribution in [0.5, 0.6) is 0 Å². The quantitative estimate of drug-likeness (QED) is 0.113. The molecule has 355 valence electrons. The first-order valence-electron chi connectivity index (χ1n) is 24.8. The maximum atomic E-state index is 10.4. The molecule has 4 saturated carbocycles. The molecule has 7 heterocycles. The minimum absolute atomic E-state index is 0. The van der Waals surface area contributed by atoms with E-state index in [0.29, 0.717) is 99.2 Å². The van der Waals surface area contributed by atoms with Gasteiger partial charge in [0, 0.05) is 23.2 Å². The number of fused-ring (bicyclic) bond motifs is 20. The SMILES string of the molecule is CC1CCN([S-](=O)=O)CC1.CC1CCN([S-](=O)=O)CC1.[CH-]1CCCC2C3NC(NC4NC(NC5NC(NC6NC(N3)C3CCCCC63)C3CCCCC53)C3CCCCC43)C12.[Cu]. The van der Waals surface area contributed by atoms with Crippen molar-refractivity contribution in [2.45, 2.75) is 185 Å². The van der Waals surface area contributed by atoms with E-state index in [0.717, 1.165) is 61.2 Å². The topological polar surface area (TPSA) is 171 Å². The van der Waals surface area contributed by atoms with E-state index in [4.69, 9.17) is 0 Å². The predicted octanol–water partition coefficient (Wildman–Crippen LogP) is 4.30. The van der Waals surface area contributed by atoms with Gasteiger partial charge in [-0.25, -0.2) is 0 Å². The average Bonchev–Trinajstić information content (AvgIpc) is 4.00. The Labute approximate surface area is 381 Å². The molecule has 1 radical (unpaired) electrons. The number of hydrogen-bond donors (Lipinski definition) is 8. The molecule has 11 rings (SSSR count). The van der Waals surface area contributed by atoms with E-state index in [-0.39, 0.29) is 17.1 Å². The molecule has 0 aromatic heterocycles. The van der Waals surface area contributed by atoms with Crippen molar-refractivity contribution < 1.29 is 33.9 Å². The number of hydrogen-bond acceptors (Lipinski definition) is 14. The molecule has 0 aromatic rings. The second kappa shape index (κ2) is 21.8. The van der Waals surface area contributed by atoms with E-state index in [1.165, 1.54) is 105 Å². The van der Waals surface area contributed by atoms with Gasteiger partial charge in [0.15, 0.2) is 0 Å². The van der Waals surface area contributed by atoms with Crippen LogP contribution in [0.15, 0.2) is 0 Å². The predicted molar refractivity (Wildman–Crippen MR) is 234 cm³/mol. The van der Waals surface area contributed by atoms with Gasteiger partial charge < -0.3 is 31.9 Å². The number of rotatable bonds is 2. The van der Waals surface area contributed by atoms with Gasteiger partial charge in [-0.05, 0) is 165 Å². The van der Waals surface area contributed by atoms with Crippen LogP contribution in [0.2, 0.25) is 0 Å². The second-order valence-electron chi connectivity index (χ2n) is 21.1. The van der Waals surface area contributed by atoms with Crippen molar-refractivity contribution in [3.8, 4) is 0 Å². The van der Waals surface area contributed by atoms with Gasteiger partial charge in [0.05, 0.1) is 43.2 Å². The van der Waals surface area contributed by atoms with Gasteiger partial charge in [-0.15, -0.1) is 5.92 Å². The molecule has 0 amide bonds. The van der Waals surface area contributed by atoms with Crippen LogP contribution in [0.3, 0.4) is 0 Å². The summed E-state index contributed by atoms with van der Waals surface area (Å²) in [5, 5.41) is 33.7. The molecular formula is C44H79CuN10O4S2-3. The van der Waals surface area contributed by atoms with E-state index in [9.17, 15) is 16.8 Å². The van der Waals surface area contributed by atoms with Crippen molar-refractivity contribution in [1.82, 2.24) is 51.1 Å². The smallest absolute Gasteiger partial charge is 0.0628 e. The molecule has 8 bridgehead atoms. The molecule has 0 spiro atoms. The molecule has 16 unspecified atom stereocenters. The number of nitrogens with one attached hydrogen (secondary N) is 8. The Kier molecular flexibility index (Phi) is 16.9. The summed E-state index contributed by atoms with van der Waals surface area (Å²) in [6.45, 7) is 7.14. The summed E-state index contributed by atoms with van der Waals surface area (Å²) in [7, 11) is -3.97. The van der Waals surface area contributed by atoms with Crippen LogP contribution in [-0.4, -0.2) is 84.1 Å². The molecule has 17 heteroatoms. The van der Waals surface area contributed by atoms with Crippen molar-refractivity contribution in [3.05, 3.63) is 6.42 Å². The van der Waals surface area contributed by atoms with Crippen molar-refractivity contribution in [1.29, 1.82) is 0 Å². The molecule has 61 heavy (non-hydrogen) atoms. The zero-order valence-electron chi connectivity index (χ0n) is 36.9. The first-order chi connectivity index (χ1) is 29.2. The van der Waals surface area contributed by atoms with Gasteiger partial charge in [0.1, 0.15) is 0 Å². The second-order valence-corrected chi connectivity index (χ2v) is 23.0. The molecule has 16 atom stereocenters. The van der Waals surface area contributed by atoms with E-state index < -0.39 is 21.8 Å². The summed E-state index contributed by atoms with van der Waals surface area (Å²) in [5.74, 6) is 7.13.